The van der Waals surface area contributed by atoms with Crippen molar-refractivity contribution < 1.29 is 13.9 Å². The number of fused-ring (bicyclic) bond motifs is 3. The molecule has 0 saturated heterocycles. The van der Waals surface area contributed by atoms with E-state index in [1.54, 1.807) is 6.92 Å². The third kappa shape index (κ3) is 1.93. The van der Waals surface area contributed by atoms with Crippen LogP contribution >= 0.6 is 0 Å². The Labute approximate surface area is 116 Å². The summed E-state index contributed by atoms with van der Waals surface area (Å²) in [4.78, 5) is 16.5. The molecule has 0 spiro atoms. The summed E-state index contributed by atoms with van der Waals surface area (Å²) < 4.78 is 10.8. The first-order valence-corrected chi connectivity index (χ1v) is 6.57. The highest BCUT2D eigenvalue weighted by Crippen LogP contribution is 2.30. The van der Waals surface area contributed by atoms with Gasteiger partial charge in [0.1, 0.15) is 11.3 Å². The predicted molar refractivity (Wildman–Crippen MR) is 76.9 cm³/mol. The minimum Gasteiger partial charge on any atom is -0.461 e. The lowest BCUT2D eigenvalue weighted by Gasteiger charge is -2.05. The number of nitrogens with zero attached hydrogens (tertiary/aromatic N) is 1. The summed E-state index contributed by atoms with van der Waals surface area (Å²) in [5.41, 5.74) is 2.87. The SMILES string of the molecule is CCOC(=O)c1nc2ccc(C)cc2c2oc(C)cc12. The van der Waals surface area contributed by atoms with Gasteiger partial charge < -0.3 is 9.15 Å². The maximum absolute atomic E-state index is 12.1. The maximum Gasteiger partial charge on any atom is 0.357 e. The molecule has 3 aromatic rings. The van der Waals surface area contributed by atoms with Gasteiger partial charge in [-0.1, -0.05) is 11.6 Å². The molecule has 0 unspecified atom stereocenters. The summed E-state index contributed by atoms with van der Waals surface area (Å²) in [6.45, 7) is 5.97. The molecule has 3 rings (SSSR count). The number of rotatable bonds is 2. The Bertz CT molecular complexity index is 817. The van der Waals surface area contributed by atoms with Crippen LogP contribution in [0.2, 0.25) is 0 Å². The molecule has 2 heterocycles. The molecule has 2 aromatic heterocycles. The highest BCUT2D eigenvalue weighted by atomic mass is 16.5. The van der Waals surface area contributed by atoms with Gasteiger partial charge in [-0.15, -0.1) is 0 Å². The van der Waals surface area contributed by atoms with Crippen LogP contribution in [0.4, 0.5) is 0 Å². The fraction of sp³-hybridized carbons (Fsp3) is 0.250. The monoisotopic (exact) mass is 269 g/mol. The normalized spacial score (nSPS) is 11.2. The molecular weight excluding hydrogens is 254 g/mol. The van der Waals surface area contributed by atoms with Gasteiger partial charge >= 0.3 is 5.97 Å². The van der Waals surface area contributed by atoms with E-state index in [4.69, 9.17) is 9.15 Å². The zero-order valence-corrected chi connectivity index (χ0v) is 11.7. The Balaban J connectivity index is 2.39. The molecule has 4 nitrogen and oxygen atoms in total. The summed E-state index contributed by atoms with van der Waals surface area (Å²) >= 11 is 0. The van der Waals surface area contributed by atoms with Gasteiger partial charge in [0, 0.05) is 5.39 Å². The topological polar surface area (TPSA) is 52.3 Å². The Hall–Kier alpha value is -2.36. The Kier molecular flexibility index (Phi) is 2.93. The molecule has 102 valence electrons. The molecule has 20 heavy (non-hydrogen) atoms. The maximum atomic E-state index is 12.1. The van der Waals surface area contributed by atoms with E-state index in [-0.39, 0.29) is 0 Å². The zero-order chi connectivity index (χ0) is 14.3. The van der Waals surface area contributed by atoms with Crippen molar-refractivity contribution in [3.8, 4) is 0 Å². The van der Waals surface area contributed by atoms with Crippen molar-refractivity contribution in [2.24, 2.45) is 0 Å². The second-order valence-corrected chi connectivity index (χ2v) is 4.80. The molecular formula is C16H15NO3. The van der Waals surface area contributed by atoms with Crippen LogP contribution in [0.25, 0.3) is 21.9 Å². The Morgan fingerprint density at radius 3 is 2.80 bits per heavy atom. The van der Waals surface area contributed by atoms with Gasteiger partial charge in [0.25, 0.3) is 0 Å². The fourth-order valence-electron chi connectivity index (χ4n) is 2.36. The van der Waals surface area contributed by atoms with Crippen molar-refractivity contribution in [3.63, 3.8) is 0 Å². The molecule has 0 fully saturated rings. The van der Waals surface area contributed by atoms with Crippen LogP contribution in [-0.2, 0) is 4.74 Å². The second kappa shape index (κ2) is 4.63. The summed E-state index contributed by atoms with van der Waals surface area (Å²) in [5.74, 6) is 0.335. The number of hydrogen-bond acceptors (Lipinski definition) is 4. The number of furan rings is 1. The number of aryl methyl sites for hydroxylation is 2. The van der Waals surface area contributed by atoms with Crippen molar-refractivity contribution in [3.05, 3.63) is 41.3 Å². The lowest BCUT2D eigenvalue weighted by atomic mass is 10.1. The van der Waals surface area contributed by atoms with Crippen molar-refractivity contribution in [1.29, 1.82) is 0 Å². The lowest BCUT2D eigenvalue weighted by molar-refractivity contribution is 0.0522. The van der Waals surface area contributed by atoms with Crippen LogP contribution in [-0.4, -0.2) is 17.6 Å². The lowest BCUT2D eigenvalue weighted by Crippen LogP contribution is -2.07. The van der Waals surface area contributed by atoms with Gasteiger partial charge in [0.2, 0.25) is 0 Å². The van der Waals surface area contributed by atoms with Crippen LogP contribution in [0.1, 0.15) is 28.7 Å². The Morgan fingerprint density at radius 2 is 2.05 bits per heavy atom. The molecule has 0 atom stereocenters. The van der Waals surface area contributed by atoms with E-state index < -0.39 is 5.97 Å². The van der Waals surface area contributed by atoms with Crippen LogP contribution in [0.15, 0.2) is 28.7 Å². The molecule has 0 bridgehead atoms. The largest absolute Gasteiger partial charge is 0.461 e. The molecule has 0 amide bonds. The number of aromatic nitrogens is 1. The average Bonchev–Trinajstić information content (AvgIpc) is 2.80. The molecule has 0 aliphatic carbocycles. The highest BCUT2D eigenvalue weighted by Gasteiger charge is 2.19. The first kappa shape index (κ1) is 12.7. The van der Waals surface area contributed by atoms with E-state index in [9.17, 15) is 4.79 Å². The molecule has 0 N–H and O–H groups in total. The first-order chi connectivity index (χ1) is 9.60. The summed E-state index contributed by atoms with van der Waals surface area (Å²) in [6, 6.07) is 7.70. The van der Waals surface area contributed by atoms with Crippen LogP contribution < -0.4 is 0 Å². The van der Waals surface area contributed by atoms with Gasteiger partial charge in [-0.05, 0) is 39.0 Å². The summed E-state index contributed by atoms with van der Waals surface area (Å²) in [7, 11) is 0. The van der Waals surface area contributed by atoms with Gasteiger partial charge in [0.15, 0.2) is 5.69 Å². The van der Waals surface area contributed by atoms with Gasteiger partial charge in [-0.3, -0.25) is 0 Å². The van der Waals surface area contributed by atoms with E-state index >= 15 is 0 Å². The van der Waals surface area contributed by atoms with Gasteiger partial charge in [-0.25, -0.2) is 9.78 Å². The summed E-state index contributed by atoms with van der Waals surface area (Å²) in [5, 5.41) is 1.63. The van der Waals surface area contributed by atoms with Crippen molar-refractivity contribution in [1.82, 2.24) is 4.98 Å². The number of ether oxygens (including phenoxy) is 1. The minimum absolute atomic E-state index is 0.315. The van der Waals surface area contributed by atoms with Crippen molar-refractivity contribution >= 4 is 27.8 Å². The molecule has 1 aromatic carbocycles. The summed E-state index contributed by atoms with van der Waals surface area (Å²) in [6.07, 6.45) is 0. The highest BCUT2D eigenvalue weighted by molar-refractivity contribution is 6.11. The minimum atomic E-state index is -0.416. The van der Waals surface area contributed by atoms with Crippen LogP contribution in [0, 0.1) is 13.8 Å². The number of pyridine rings is 1. The third-order valence-electron chi connectivity index (χ3n) is 3.21. The van der Waals surface area contributed by atoms with E-state index in [1.165, 1.54) is 0 Å². The average molecular weight is 269 g/mol. The van der Waals surface area contributed by atoms with E-state index in [2.05, 4.69) is 4.98 Å². The number of carbonyl (C=O) groups excluding carboxylic acids is 1. The quantitative estimate of drug-likeness (QED) is 0.664. The number of carbonyl (C=O) groups is 1. The smallest absolute Gasteiger partial charge is 0.357 e. The second-order valence-electron chi connectivity index (χ2n) is 4.80. The van der Waals surface area contributed by atoms with Crippen LogP contribution in [0.3, 0.4) is 0 Å². The van der Waals surface area contributed by atoms with E-state index in [0.717, 1.165) is 22.2 Å². The Morgan fingerprint density at radius 1 is 1.25 bits per heavy atom. The molecule has 4 heteroatoms. The van der Waals surface area contributed by atoms with E-state index in [1.807, 2.05) is 38.1 Å². The number of esters is 1. The first-order valence-electron chi connectivity index (χ1n) is 6.57. The fourth-order valence-corrected chi connectivity index (χ4v) is 2.36. The van der Waals surface area contributed by atoms with Crippen molar-refractivity contribution in [2.45, 2.75) is 20.8 Å². The number of benzene rings is 1. The van der Waals surface area contributed by atoms with Gasteiger partial charge in [0.05, 0.1) is 17.5 Å². The zero-order valence-electron chi connectivity index (χ0n) is 11.7. The molecule has 0 radical (unpaired) electrons. The third-order valence-corrected chi connectivity index (χ3v) is 3.21. The van der Waals surface area contributed by atoms with Crippen LogP contribution in [0.5, 0.6) is 0 Å². The molecule has 0 aliphatic rings. The standard InChI is InChI=1S/C16H15NO3/c1-4-19-16(18)14-12-8-10(3)20-15(12)11-7-9(2)5-6-13(11)17-14/h5-8H,4H2,1-3H3. The predicted octanol–water partition coefficient (Wildman–Crippen LogP) is 3.77. The molecule has 0 aliphatic heterocycles. The van der Waals surface area contributed by atoms with Gasteiger partial charge in [-0.2, -0.15) is 0 Å². The van der Waals surface area contributed by atoms with E-state index in [0.29, 0.717) is 23.3 Å². The number of hydrogen-bond donors (Lipinski definition) is 0. The van der Waals surface area contributed by atoms with Crippen molar-refractivity contribution in [2.75, 3.05) is 6.61 Å². The molecule has 0 saturated carbocycles.